The molecular weight excluding hydrogens is 280 g/mol. The third-order valence-electron chi connectivity index (χ3n) is 2.53. The molecule has 2 rings (SSSR count). The van der Waals surface area contributed by atoms with Gasteiger partial charge in [0.15, 0.2) is 5.82 Å². The second kappa shape index (κ2) is 4.22. The van der Waals surface area contributed by atoms with Gasteiger partial charge in [0, 0.05) is 9.89 Å². The van der Waals surface area contributed by atoms with Crippen LogP contribution in [0, 0.1) is 6.92 Å². The summed E-state index contributed by atoms with van der Waals surface area (Å²) >= 11 is 3.49. The monoisotopic (exact) mass is 294 g/mol. The summed E-state index contributed by atoms with van der Waals surface area (Å²) in [6.45, 7) is 8.34. The Bertz CT molecular complexity index is 540. The molecule has 2 aromatic rings. The molecule has 1 aromatic heterocycles. The number of tetrazole rings is 1. The van der Waals surface area contributed by atoms with Crippen LogP contribution in [0.4, 0.5) is 0 Å². The van der Waals surface area contributed by atoms with E-state index in [1.165, 1.54) is 0 Å². The van der Waals surface area contributed by atoms with E-state index in [4.69, 9.17) is 0 Å². The minimum absolute atomic E-state index is 0.0789. The Morgan fingerprint density at radius 2 is 1.94 bits per heavy atom. The molecule has 0 aliphatic rings. The maximum Gasteiger partial charge on any atom is 0.162 e. The summed E-state index contributed by atoms with van der Waals surface area (Å²) in [5.74, 6) is 0.860. The van der Waals surface area contributed by atoms with Crippen LogP contribution in [0.1, 0.15) is 32.2 Å². The lowest BCUT2D eigenvalue weighted by molar-refractivity contribution is 0.526. The van der Waals surface area contributed by atoms with Crippen LogP contribution in [0.3, 0.4) is 0 Å². The maximum absolute atomic E-state index is 4.11. The number of benzene rings is 1. The van der Waals surface area contributed by atoms with Crippen molar-refractivity contribution in [2.75, 3.05) is 0 Å². The van der Waals surface area contributed by atoms with E-state index in [-0.39, 0.29) is 5.41 Å². The minimum atomic E-state index is -0.0789. The van der Waals surface area contributed by atoms with Crippen molar-refractivity contribution in [2.24, 2.45) is 0 Å². The molecule has 0 aliphatic heterocycles. The number of aryl methyl sites for hydroxylation is 1. The van der Waals surface area contributed by atoms with Gasteiger partial charge in [0.25, 0.3) is 0 Å². The van der Waals surface area contributed by atoms with Gasteiger partial charge in [-0.1, -0.05) is 36.7 Å². The zero-order valence-electron chi connectivity index (χ0n) is 10.4. The van der Waals surface area contributed by atoms with Crippen LogP contribution in [-0.2, 0) is 5.41 Å². The first-order valence-corrected chi connectivity index (χ1v) is 6.24. The molecule has 0 fully saturated rings. The molecule has 0 spiro atoms. The van der Waals surface area contributed by atoms with Crippen molar-refractivity contribution < 1.29 is 0 Å². The lowest BCUT2D eigenvalue weighted by Gasteiger charge is -2.17. The van der Waals surface area contributed by atoms with E-state index in [1.54, 1.807) is 4.68 Å². The third kappa shape index (κ3) is 2.39. The molecule has 0 unspecified atom stereocenters. The van der Waals surface area contributed by atoms with Gasteiger partial charge in [-0.25, -0.2) is 0 Å². The quantitative estimate of drug-likeness (QED) is 0.812. The number of rotatable bonds is 1. The summed E-state index contributed by atoms with van der Waals surface area (Å²) in [7, 11) is 0. The Kier molecular flexibility index (Phi) is 3.03. The second-order valence-electron chi connectivity index (χ2n) is 5.10. The largest absolute Gasteiger partial charge is 0.197 e. The van der Waals surface area contributed by atoms with E-state index < -0.39 is 0 Å². The normalized spacial score (nSPS) is 11.8. The Morgan fingerprint density at radius 3 is 2.53 bits per heavy atom. The highest BCUT2D eigenvalue weighted by atomic mass is 79.9. The topological polar surface area (TPSA) is 43.6 Å². The summed E-state index contributed by atoms with van der Waals surface area (Å²) < 4.78 is 2.88. The number of hydrogen-bond acceptors (Lipinski definition) is 3. The molecule has 0 atom stereocenters. The summed E-state index contributed by atoms with van der Waals surface area (Å²) in [4.78, 5) is 0. The highest BCUT2D eigenvalue weighted by molar-refractivity contribution is 9.10. The van der Waals surface area contributed by atoms with E-state index in [1.807, 2.05) is 12.1 Å². The lowest BCUT2D eigenvalue weighted by atomic mass is 9.95. The van der Waals surface area contributed by atoms with Gasteiger partial charge in [-0.05, 0) is 41.1 Å². The highest BCUT2D eigenvalue weighted by Gasteiger charge is 2.22. The van der Waals surface area contributed by atoms with Crippen LogP contribution in [0.15, 0.2) is 22.7 Å². The molecule has 0 saturated heterocycles. The van der Waals surface area contributed by atoms with Crippen LogP contribution >= 0.6 is 15.9 Å². The molecule has 0 amide bonds. The Hall–Kier alpha value is -1.23. The molecule has 1 aromatic carbocycles. The second-order valence-corrected chi connectivity index (χ2v) is 5.95. The number of halogens is 1. The first-order valence-electron chi connectivity index (χ1n) is 5.45. The maximum atomic E-state index is 4.11. The zero-order chi connectivity index (χ0) is 12.6. The van der Waals surface area contributed by atoms with Gasteiger partial charge in [-0.3, -0.25) is 0 Å². The fourth-order valence-corrected chi connectivity index (χ4v) is 1.84. The molecule has 0 aliphatic carbocycles. The molecule has 0 bridgehead atoms. The molecule has 5 heteroatoms. The van der Waals surface area contributed by atoms with Crippen LogP contribution in [-0.4, -0.2) is 20.2 Å². The standard InChI is InChI=1S/C12H15BrN4/c1-8-7-9(5-6-10(8)13)17-11(12(2,3)4)14-15-16-17/h5-7H,1-4H3. The fourth-order valence-electron chi connectivity index (χ4n) is 1.59. The molecule has 1 heterocycles. The number of nitrogens with zero attached hydrogens (tertiary/aromatic N) is 4. The van der Waals surface area contributed by atoms with Crippen molar-refractivity contribution in [1.82, 2.24) is 20.2 Å². The lowest BCUT2D eigenvalue weighted by Crippen LogP contribution is -2.18. The Morgan fingerprint density at radius 1 is 1.24 bits per heavy atom. The average Bonchev–Trinajstić information content (AvgIpc) is 2.70. The smallest absolute Gasteiger partial charge is 0.162 e. The van der Waals surface area contributed by atoms with Crippen molar-refractivity contribution >= 4 is 15.9 Å². The zero-order valence-corrected chi connectivity index (χ0v) is 12.0. The highest BCUT2D eigenvalue weighted by Crippen LogP contribution is 2.24. The molecule has 0 saturated carbocycles. The first kappa shape index (κ1) is 12.2. The number of aromatic nitrogens is 4. The molecule has 90 valence electrons. The van der Waals surface area contributed by atoms with Gasteiger partial charge < -0.3 is 0 Å². The average molecular weight is 295 g/mol. The predicted molar refractivity (Wildman–Crippen MR) is 70.3 cm³/mol. The molecule has 0 N–H and O–H groups in total. The Balaban J connectivity index is 2.54. The minimum Gasteiger partial charge on any atom is -0.197 e. The van der Waals surface area contributed by atoms with Crippen molar-refractivity contribution in [2.45, 2.75) is 33.1 Å². The van der Waals surface area contributed by atoms with Gasteiger partial charge in [0.05, 0.1) is 5.69 Å². The van der Waals surface area contributed by atoms with Crippen molar-refractivity contribution in [1.29, 1.82) is 0 Å². The van der Waals surface area contributed by atoms with E-state index >= 15 is 0 Å². The van der Waals surface area contributed by atoms with Crippen LogP contribution in [0.25, 0.3) is 5.69 Å². The summed E-state index contributed by atoms with van der Waals surface area (Å²) in [5.41, 5.74) is 2.07. The molecule has 17 heavy (non-hydrogen) atoms. The van der Waals surface area contributed by atoms with E-state index in [9.17, 15) is 0 Å². The molecule has 4 nitrogen and oxygen atoms in total. The van der Waals surface area contributed by atoms with Crippen molar-refractivity contribution in [3.63, 3.8) is 0 Å². The fraction of sp³-hybridized carbons (Fsp3) is 0.417. The number of hydrogen-bond donors (Lipinski definition) is 0. The van der Waals surface area contributed by atoms with Gasteiger partial charge in [-0.2, -0.15) is 4.68 Å². The summed E-state index contributed by atoms with van der Waals surface area (Å²) in [6.07, 6.45) is 0. The predicted octanol–water partition coefficient (Wildman–Crippen LogP) is 3.03. The van der Waals surface area contributed by atoms with Crippen molar-refractivity contribution in [3.8, 4) is 5.69 Å². The van der Waals surface area contributed by atoms with Crippen LogP contribution in [0.5, 0.6) is 0 Å². The van der Waals surface area contributed by atoms with E-state index in [2.05, 4.69) is 65.2 Å². The third-order valence-corrected chi connectivity index (χ3v) is 3.42. The first-order chi connectivity index (χ1) is 7.89. The summed E-state index contributed by atoms with van der Waals surface area (Å²) in [6, 6.07) is 6.08. The molecular formula is C12H15BrN4. The van der Waals surface area contributed by atoms with Gasteiger partial charge in [-0.15, -0.1) is 5.10 Å². The summed E-state index contributed by atoms with van der Waals surface area (Å²) in [5, 5.41) is 11.9. The van der Waals surface area contributed by atoms with Gasteiger partial charge in [0.2, 0.25) is 0 Å². The van der Waals surface area contributed by atoms with E-state index in [0.29, 0.717) is 0 Å². The van der Waals surface area contributed by atoms with Crippen LogP contribution < -0.4 is 0 Å². The molecule has 0 radical (unpaired) electrons. The van der Waals surface area contributed by atoms with Gasteiger partial charge >= 0.3 is 0 Å². The Labute approximate surface area is 109 Å². The van der Waals surface area contributed by atoms with Gasteiger partial charge in [0.1, 0.15) is 0 Å². The SMILES string of the molecule is Cc1cc(-n2nnnc2C(C)(C)C)ccc1Br. The van der Waals surface area contributed by atoms with E-state index in [0.717, 1.165) is 21.5 Å². The van der Waals surface area contributed by atoms with Crippen molar-refractivity contribution in [3.05, 3.63) is 34.1 Å². The van der Waals surface area contributed by atoms with Crippen LogP contribution in [0.2, 0.25) is 0 Å².